The Balaban J connectivity index is 1.98. The minimum atomic E-state index is 0.0388. The summed E-state index contributed by atoms with van der Waals surface area (Å²) < 4.78 is 5.25. The molecular formula is C16H27N3O. The van der Waals surface area contributed by atoms with E-state index >= 15 is 0 Å². The van der Waals surface area contributed by atoms with E-state index in [0.29, 0.717) is 5.92 Å². The molecular weight excluding hydrogens is 250 g/mol. The van der Waals surface area contributed by atoms with Gasteiger partial charge in [-0.15, -0.1) is 0 Å². The maximum Gasteiger partial charge on any atom is 0.130 e. The standard InChI is InChI=1S/C16H27N3O/c1-16(2,3)18-14-6-5-7-15(17-14)19-10-8-13(9-11-19)12-20-4/h5-7,13H,8-12H2,1-4H3,(H,17,18). The number of hydrogen-bond donors (Lipinski definition) is 1. The lowest BCUT2D eigenvalue weighted by molar-refractivity contribution is 0.139. The van der Waals surface area contributed by atoms with Crippen LogP contribution in [0.5, 0.6) is 0 Å². The van der Waals surface area contributed by atoms with Crippen molar-refractivity contribution < 1.29 is 4.74 Å². The molecule has 0 atom stereocenters. The Morgan fingerprint density at radius 2 is 2.00 bits per heavy atom. The van der Waals surface area contributed by atoms with E-state index in [2.05, 4.69) is 43.1 Å². The number of methoxy groups -OCH3 is 1. The molecule has 2 heterocycles. The predicted molar refractivity (Wildman–Crippen MR) is 84.4 cm³/mol. The Morgan fingerprint density at radius 1 is 1.30 bits per heavy atom. The van der Waals surface area contributed by atoms with Crippen molar-refractivity contribution in [3.8, 4) is 0 Å². The van der Waals surface area contributed by atoms with Crippen molar-refractivity contribution >= 4 is 11.6 Å². The van der Waals surface area contributed by atoms with Crippen molar-refractivity contribution in [1.29, 1.82) is 0 Å². The highest BCUT2D eigenvalue weighted by molar-refractivity contribution is 5.48. The van der Waals surface area contributed by atoms with Gasteiger partial charge in [-0.2, -0.15) is 0 Å². The zero-order valence-electron chi connectivity index (χ0n) is 13.1. The van der Waals surface area contributed by atoms with Crippen LogP contribution >= 0.6 is 0 Å². The van der Waals surface area contributed by atoms with E-state index in [1.54, 1.807) is 7.11 Å². The molecule has 1 aromatic heterocycles. The van der Waals surface area contributed by atoms with Gasteiger partial charge in [0.25, 0.3) is 0 Å². The summed E-state index contributed by atoms with van der Waals surface area (Å²) in [5, 5.41) is 3.43. The molecule has 1 aromatic rings. The topological polar surface area (TPSA) is 37.4 Å². The van der Waals surface area contributed by atoms with Crippen molar-refractivity contribution in [1.82, 2.24) is 4.98 Å². The fourth-order valence-electron chi connectivity index (χ4n) is 2.62. The summed E-state index contributed by atoms with van der Waals surface area (Å²) in [5.74, 6) is 2.73. The molecule has 20 heavy (non-hydrogen) atoms. The van der Waals surface area contributed by atoms with Crippen molar-refractivity contribution in [2.45, 2.75) is 39.2 Å². The van der Waals surface area contributed by atoms with E-state index in [9.17, 15) is 0 Å². The molecule has 0 radical (unpaired) electrons. The van der Waals surface area contributed by atoms with E-state index in [1.807, 2.05) is 6.07 Å². The van der Waals surface area contributed by atoms with Gasteiger partial charge in [-0.3, -0.25) is 0 Å². The van der Waals surface area contributed by atoms with E-state index < -0.39 is 0 Å². The second-order valence-electron chi connectivity index (χ2n) is 6.64. The van der Waals surface area contributed by atoms with Gasteiger partial charge in [0, 0.05) is 32.3 Å². The highest BCUT2D eigenvalue weighted by atomic mass is 16.5. The van der Waals surface area contributed by atoms with Crippen molar-refractivity contribution in [3.05, 3.63) is 18.2 Å². The summed E-state index contributed by atoms with van der Waals surface area (Å²) in [4.78, 5) is 7.11. The maximum absolute atomic E-state index is 5.25. The number of ether oxygens (including phenoxy) is 1. The molecule has 2 rings (SSSR count). The van der Waals surface area contributed by atoms with Gasteiger partial charge in [-0.1, -0.05) is 6.07 Å². The first kappa shape index (κ1) is 15.1. The Bertz CT molecular complexity index is 420. The molecule has 1 N–H and O–H groups in total. The lowest BCUT2D eigenvalue weighted by atomic mass is 9.98. The molecule has 4 heteroatoms. The van der Waals surface area contributed by atoms with Crippen LogP contribution in [0, 0.1) is 5.92 Å². The Labute approximate surface area is 122 Å². The van der Waals surface area contributed by atoms with Gasteiger partial charge in [-0.25, -0.2) is 4.98 Å². The second-order valence-corrected chi connectivity index (χ2v) is 6.64. The van der Waals surface area contributed by atoms with E-state index in [1.165, 1.54) is 12.8 Å². The quantitative estimate of drug-likeness (QED) is 0.917. The van der Waals surface area contributed by atoms with Crippen molar-refractivity contribution in [3.63, 3.8) is 0 Å². The summed E-state index contributed by atoms with van der Waals surface area (Å²) in [7, 11) is 1.79. The number of nitrogens with zero attached hydrogens (tertiary/aromatic N) is 2. The summed E-state index contributed by atoms with van der Waals surface area (Å²) >= 11 is 0. The van der Waals surface area contributed by atoms with Gasteiger partial charge in [0.2, 0.25) is 0 Å². The van der Waals surface area contributed by atoms with Crippen molar-refractivity contribution in [2.75, 3.05) is 37.0 Å². The SMILES string of the molecule is COCC1CCN(c2cccc(NC(C)(C)C)n2)CC1. The Morgan fingerprint density at radius 3 is 2.60 bits per heavy atom. The van der Waals surface area contributed by atoms with Crippen LogP contribution in [0.25, 0.3) is 0 Å². The fourth-order valence-corrected chi connectivity index (χ4v) is 2.62. The Hall–Kier alpha value is -1.29. The Kier molecular flexibility index (Phi) is 4.86. The normalized spacial score (nSPS) is 17.3. The predicted octanol–water partition coefficient (Wildman–Crippen LogP) is 3.15. The highest BCUT2D eigenvalue weighted by Gasteiger charge is 2.20. The number of pyridine rings is 1. The summed E-state index contributed by atoms with van der Waals surface area (Å²) in [6, 6.07) is 6.22. The van der Waals surface area contributed by atoms with E-state index in [0.717, 1.165) is 31.3 Å². The molecule has 0 spiro atoms. The maximum atomic E-state index is 5.25. The minimum Gasteiger partial charge on any atom is -0.384 e. The third-order valence-corrected chi connectivity index (χ3v) is 3.58. The smallest absolute Gasteiger partial charge is 0.130 e. The molecule has 1 saturated heterocycles. The fraction of sp³-hybridized carbons (Fsp3) is 0.688. The summed E-state index contributed by atoms with van der Waals surface area (Å²) in [5.41, 5.74) is 0.0388. The first-order valence-corrected chi connectivity index (χ1v) is 7.47. The van der Waals surface area contributed by atoms with Crippen LogP contribution < -0.4 is 10.2 Å². The van der Waals surface area contributed by atoms with Crippen LogP contribution in [0.1, 0.15) is 33.6 Å². The molecule has 112 valence electrons. The zero-order chi connectivity index (χ0) is 14.6. The number of nitrogens with one attached hydrogen (secondary N) is 1. The molecule has 0 bridgehead atoms. The van der Waals surface area contributed by atoms with Gasteiger partial charge >= 0.3 is 0 Å². The monoisotopic (exact) mass is 277 g/mol. The molecule has 0 unspecified atom stereocenters. The number of hydrogen-bond acceptors (Lipinski definition) is 4. The lowest BCUT2D eigenvalue weighted by Crippen LogP contribution is -2.35. The average Bonchev–Trinajstić information content (AvgIpc) is 2.38. The lowest BCUT2D eigenvalue weighted by Gasteiger charge is -2.33. The first-order valence-electron chi connectivity index (χ1n) is 7.47. The van der Waals surface area contributed by atoms with Crippen LogP contribution in [-0.2, 0) is 4.74 Å². The highest BCUT2D eigenvalue weighted by Crippen LogP contribution is 2.23. The summed E-state index contributed by atoms with van der Waals surface area (Å²) in [6.45, 7) is 9.47. The van der Waals surface area contributed by atoms with E-state index in [-0.39, 0.29) is 5.54 Å². The number of anilines is 2. The van der Waals surface area contributed by atoms with Gasteiger partial charge in [0.1, 0.15) is 11.6 Å². The molecule has 1 aliphatic rings. The van der Waals surface area contributed by atoms with Crippen LogP contribution in [0.4, 0.5) is 11.6 Å². The van der Waals surface area contributed by atoms with Crippen LogP contribution in [0.3, 0.4) is 0 Å². The van der Waals surface area contributed by atoms with Crippen LogP contribution in [-0.4, -0.2) is 37.3 Å². The average molecular weight is 277 g/mol. The van der Waals surface area contributed by atoms with E-state index in [4.69, 9.17) is 9.72 Å². The molecule has 0 aromatic carbocycles. The van der Waals surface area contributed by atoms with Gasteiger partial charge < -0.3 is 15.0 Å². The third-order valence-electron chi connectivity index (χ3n) is 3.58. The molecule has 0 saturated carbocycles. The molecule has 1 aliphatic heterocycles. The zero-order valence-corrected chi connectivity index (χ0v) is 13.1. The largest absolute Gasteiger partial charge is 0.384 e. The third kappa shape index (κ3) is 4.37. The van der Waals surface area contributed by atoms with Crippen LogP contribution in [0.2, 0.25) is 0 Å². The second kappa shape index (κ2) is 6.44. The molecule has 4 nitrogen and oxygen atoms in total. The molecule has 0 aliphatic carbocycles. The summed E-state index contributed by atoms with van der Waals surface area (Å²) in [6.07, 6.45) is 2.37. The van der Waals surface area contributed by atoms with Crippen LogP contribution in [0.15, 0.2) is 18.2 Å². The van der Waals surface area contributed by atoms with Crippen molar-refractivity contribution in [2.24, 2.45) is 5.92 Å². The van der Waals surface area contributed by atoms with Gasteiger partial charge in [-0.05, 0) is 51.7 Å². The first-order chi connectivity index (χ1) is 9.48. The van der Waals surface area contributed by atoms with Gasteiger partial charge in [0.15, 0.2) is 0 Å². The minimum absolute atomic E-state index is 0.0388. The number of aromatic nitrogens is 1. The molecule has 1 fully saturated rings. The molecule has 0 amide bonds. The van der Waals surface area contributed by atoms with Gasteiger partial charge in [0.05, 0.1) is 0 Å². The number of rotatable bonds is 4. The number of piperidine rings is 1.